The highest BCUT2D eigenvalue weighted by molar-refractivity contribution is 5.70. The molecular weight excluding hydrogens is 284 g/mol. The Hall–Kier alpha value is -3.40. The lowest BCUT2D eigenvalue weighted by atomic mass is 10.1. The molecule has 1 N–H and O–H groups in total. The minimum absolute atomic E-state index is 0.0495. The van der Waals surface area contributed by atoms with E-state index in [1.165, 1.54) is 10.9 Å². The minimum Gasteiger partial charge on any atom is -0.481 e. The van der Waals surface area contributed by atoms with Crippen molar-refractivity contribution < 1.29 is 14.3 Å². The Labute approximate surface area is 125 Å². The highest BCUT2D eigenvalue weighted by Gasteiger charge is 2.18. The summed E-state index contributed by atoms with van der Waals surface area (Å²) < 4.78 is 6.82. The average Bonchev–Trinajstić information content (AvgIpc) is 3.16. The normalized spacial score (nSPS) is 10.3. The van der Waals surface area contributed by atoms with Gasteiger partial charge in [0.05, 0.1) is 18.4 Å². The van der Waals surface area contributed by atoms with Crippen LogP contribution in [0.25, 0.3) is 17.1 Å². The summed E-state index contributed by atoms with van der Waals surface area (Å²) in [5.41, 5.74) is 1.95. The molecule has 7 heteroatoms. The number of benzene rings is 1. The summed E-state index contributed by atoms with van der Waals surface area (Å²) in [6.07, 6.45) is 1.45. The van der Waals surface area contributed by atoms with Gasteiger partial charge in [0.2, 0.25) is 0 Å². The van der Waals surface area contributed by atoms with Crippen molar-refractivity contribution in [2.24, 2.45) is 0 Å². The molecule has 3 rings (SSSR count). The van der Waals surface area contributed by atoms with E-state index in [0.717, 1.165) is 0 Å². The average molecular weight is 294 g/mol. The maximum atomic E-state index is 10.7. The smallest absolute Gasteiger partial charge is 0.307 e. The maximum Gasteiger partial charge on any atom is 0.307 e. The van der Waals surface area contributed by atoms with Crippen LogP contribution in [0.2, 0.25) is 0 Å². The molecule has 0 aliphatic rings. The lowest BCUT2D eigenvalue weighted by Crippen LogP contribution is -2.02. The van der Waals surface area contributed by atoms with Crippen molar-refractivity contribution >= 4 is 5.97 Å². The van der Waals surface area contributed by atoms with Gasteiger partial charge in [-0.3, -0.25) is 4.79 Å². The first kappa shape index (κ1) is 13.6. The zero-order valence-electron chi connectivity index (χ0n) is 11.3. The maximum absolute atomic E-state index is 10.7. The second-order valence-electron chi connectivity index (χ2n) is 4.52. The summed E-state index contributed by atoms with van der Waals surface area (Å²) in [4.78, 5) is 10.7. The van der Waals surface area contributed by atoms with Crippen LogP contribution in [0.5, 0.6) is 0 Å². The molecule has 2 aromatic heterocycles. The van der Waals surface area contributed by atoms with Crippen LogP contribution < -0.4 is 0 Å². The molecule has 0 atom stereocenters. The van der Waals surface area contributed by atoms with Crippen molar-refractivity contribution in [2.45, 2.75) is 6.42 Å². The summed E-state index contributed by atoms with van der Waals surface area (Å²) in [5.74, 6) is -0.410. The van der Waals surface area contributed by atoms with Gasteiger partial charge in [-0.15, -0.1) is 5.10 Å². The molecule has 0 radical (unpaired) electrons. The Kier molecular flexibility index (Phi) is 3.42. The predicted molar refractivity (Wildman–Crippen MR) is 75.1 cm³/mol. The van der Waals surface area contributed by atoms with Crippen molar-refractivity contribution in [1.29, 1.82) is 5.26 Å². The topological polar surface area (TPSA) is 105 Å². The van der Waals surface area contributed by atoms with Crippen LogP contribution in [0, 0.1) is 11.3 Å². The highest BCUT2D eigenvalue weighted by atomic mass is 16.4. The molecular formula is C15H10N4O3. The second-order valence-corrected chi connectivity index (χ2v) is 4.52. The number of nitrogens with zero attached hydrogens (tertiary/aromatic N) is 4. The summed E-state index contributed by atoms with van der Waals surface area (Å²) in [5, 5.41) is 25.7. The van der Waals surface area contributed by atoms with Crippen molar-refractivity contribution in [2.75, 3.05) is 0 Å². The highest BCUT2D eigenvalue weighted by Crippen LogP contribution is 2.25. The number of nitriles is 1. The zero-order valence-corrected chi connectivity index (χ0v) is 11.3. The molecule has 2 heterocycles. The third kappa shape index (κ3) is 2.45. The van der Waals surface area contributed by atoms with Crippen LogP contribution in [0.15, 0.2) is 47.1 Å². The number of carbonyl (C=O) groups is 1. The van der Waals surface area contributed by atoms with E-state index in [0.29, 0.717) is 22.7 Å². The van der Waals surface area contributed by atoms with Crippen LogP contribution in [-0.2, 0) is 11.2 Å². The first-order valence-electron chi connectivity index (χ1n) is 6.40. The van der Waals surface area contributed by atoms with Crippen molar-refractivity contribution in [3.8, 4) is 23.2 Å². The van der Waals surface area contributed by atoms with E-state index < -0.39 is 5.97 Å². The van der Waals surface area contributed by atoms with Gasteiger partial charge in [0.1, 0.15) is 11.8 Å². The van der Waals surface area contributed by atoms with Crippen LogP contribution in [-0.4, -0.2) is 26.1 Å². The molecule has 3 aromatic rings. The van der Waals surface area contributed by atoms with E-state index in [4.69, 9.17) is 14.8 Å². The van der Waals surface area contributed by atoms with Crippen LogP contribution in [0.4, 0.5) is 0 Å². The Morgan fingerprint density at radius 2 is 2.09 bits per heavy atom. The Bertz CT molecular complexity index is 842. The van der Waals surface area contributed by atoms with Gasteiger partial charge in [0.15, 0.2) is 11.5 Å². The van der Waals surface area contributed by atoms with Crippen LogP contribution in [0.3, 0.4) is 0 Å². The third-order valence-electron chi connectivity index (χ3n) is 3.07. The van der Waals surface area contributed by atoms with E-state index in [1.807, 2.05) is 6.07 Å². The Balaban J connectivity index is 2.04. The van der Waals surface area contributed by atoms with E-state index in [-0.39, 0.29) is 12.1 Å². The first-order chi connectivity index (χ1) is 10.7. The fourth-order valence-electron chi connectivity index (χ4n) is 2.10. The molecule has 0 saturated carbocycles. The van der Waals surface area contributed by atoms with Gasteiger partial charge >= 0.3 is 5.97 Å². The quantitative estimate of drug-likeness (QED) is 0.789. The summed E-state index contributed by atoms with van der Waals surface area (Å²) >= 11 is 0. The van der Waals surface area contributed by atoms with Gasteiger partial charge in [-0.1, -0.05) is 17.3 Å². The summed E-state index contributed by atoms with van der Waals surface area (Å²) in [6.45, 7) is 0. The lowest BCUT2D eigenvalue weighted by molar-refractivity contribution is -0.136. The lowest BCUT2D eigenvalue weighted by Gasteiger charge is -2.05. The second kappa shape index (κ2) is 5.54. The molecule has 0 spiro atoms. The number of carboxylic acids is 1. The number of aliphatic carboxylic acids is 1. The Morgan fingerprint density at radius 3 is 2.68 bits per heavy atom. The molecule has 0 aliphatic heterocycles. The van der Waals surface area contributed by atoms with E-state index >= 15 is 0 Å². The van der Waals surface area contributed by atoms with Gasteiger partial charge in [-0.25, -0.2) is 4.68 Å². The third-order valence-corrected chi connectivity index (χ3v) is 3.07. The number of carboxylic acid groups (broad SMARTS) is 1. The largest absolute Gasteiger partial charge is 0.481 e. The minimum atomic E-state index is -0.892. The van der Waals surface area contributed by atoms with Gasteiger partial charge in [-0.05, 0) is 29.8 Å². The van der Waals surface area contributed by atoms with Gasteiger partial charge in [0, 0.05) is 0 Å². The Morgan fingerprint density at radius 1 is 1.32 bits per heavy atom. The van der Waals surface area contributed by atoms with Crippen molar-refractivity contribution in [3.05, 3.63) is 53.9 Å². The van der Waals surface area contributed by atoms with Gasteiger partial charge < -0.3 is 9.52 Å². The van der Waals surface area contributed by atoms with Crippen LogP contribution >= 0.6 is 0 Å². The molecule has 0 fully saturated rings. The van der Waals surface area contributed by atoms with E-state index in [9.17, 15) is 4.79 Å². The number of furan rings is 1. The van der Waals surface area contributed by atoms with E-state index in [1.54, 1.807) is 36.4 Å². The zero-order chi connectivity index (χ0) is 15.5. The fourth-order valence-corrected chi connectivity index (χ4v) is 2.10. The molecule has 0 bridgehead atoms. The molecule has 0 amide bonds. The SMILES string of the molecule is N#Cc1nnn(-c2ccc(CC(=O)O)cc2)c1-c1ccco1. The number of hydrogen-bond acceptors (Lipinski definition) is 5. The van der Waals surface area contributed by atoms with Crippen molar-refractivity contribution in [3.63, 3.8) is 0 Å². The molecule has 7 nitrogen and oxygen atoms in total. The van der Waals surface area contributed by atoms with E-state index in [2.05, 4.69) is 10.3 Å². The monoisotopic (exact) mass is 294 g/mol. The predicted octanol–water partition coefficient (Wildman–Crippen LogP) is 2.03. The molecule has 0 aliphatic carbocycles. The first-order valence-corrected chi connectivity index (χ1v) is 6.40. The molecule has 0 unspecified atom stereocenters. The summed E-state index contributed by atoms with van der Waals surface area (Å²) in [7, 11) is 0. The molecule has 0 saturated heterocycles. The van der Waals surface area contributed by atoms with Gasteiger partial charge in [-0.2, -0.15) is 5.26 Å². The fraction of sp³-hybridized carbons (Fsp3) is 0.0667. The standard InChI is InChI=1S/C15H10N4O3/c16-9-12-15(13-2-1-7-22-13)19(18-17-12)11-5-3-10(4-6-11)8-14(20)21/h1-7H,8H2,(H,20,21). The molecule has 22 heavy (non-hydrogen) atoms. The molecule has 1 aromatic carbocycles. The van der Waals surface area contributed by atoms with Gasteiger partial charge in [0.25, 0.3) is 0 Å². The van der Waals surface area contributed by atoms with Crippen LogP contribution in [0.1, 0.15) is 11.3 Å². The number of aromatic nitrogens is 3. The number of hydrogen-bond donors (Lipinski definition) is 1. The summed E-state index contributed by atoms with van der Waals surface area (Å²) in [6, 6.07) is 12.2. The van der Waals surface area contributed by atoms with Crippen molar-refractivity contribution in [1.82, 2.24) is 15.0 Å². The molecule has 108 valence electrons. The number of rotatable bonds is 4.